The Morgan fingerprint density at radius 2 is 2.06 bits per heavy atom. The Morgan fingerprint density at radius 1 is 1.39 bits per heavy atom. The van der Waals surface area contributed by atoms with Gasteiger partial charge in [0.15, 0.2) is 0 Å². The molecular weight excluding hydrogens is 232 g/mol. The van der Waals surface area contributed by atoms with Crippen molar-refractivity contribution in [2.75, 3.05) is 6.54 Å². The van der Waals surface area contributed by atoms with Crippen molar-refractivity contribution in [2.45, 2.75) is 51.5 Å². The van der Waals surface area contributed by atoms with Gasteiger partial charge in [0, 0.05) is 6.54 Å². The summed E-state index contributed by atoms with van der Waals surface area (Å²) in [5.74, 6) is -1.17. The largest absolute Gasteiger partial charge is 0.481 e. The summed E-state index contributed by atoms with van der Waals surface area (Å²) in [7, 11) is 0. The van der Waals surface area contributed by atoms with E-state index < -0.39 is 12.0 Å². The second-order valence-corrected chi connectivity index (χ2v) is 5.13. The van der Waals surface area contributed by atoms with E-state index in [9.17, 15) is 9.59 Å². The van der Waals surface area contributed by atoms with E-state index >= 15 is 0 Å². The predicted molar refractivity (Wildman–Crippen MR) is 69.0 cm³/mol. The molecule has 1 saturated carbocycles. The highest BCUT2D eigenvalue weighted by Crippen LogP contribution is 2.29. The van der Waals surface area contributed by atoms with Gasteiger partial charge in [-0.15, -0.1) is 0 Å². The Balaban J connectivity index is 2.40. The highest BCUT2D eigenvalue weighted by Gasteiger charge is 2.31. The number of hydrogen-bond donors (Lipinski definition) is 3. The fourth-order valence-electron chi connectivity index (χ4n) is 2.58. The van der Waals surface area contributed by atoms with Crippen LogP contribution in [0.5, 0.6) is 0 Å². The molecule has 1 aliphatic rings. The van der Waals surface area contributed by atoms with Crippen LogP contribution in [0, 0.1) is 11.8 Å². The average molecular weight is 256 g/mol. The van der Waals surface area contributed by atoms with Crippen molar-refractivity contribution in [1.29, 1.82) is 0 Å². The Labute approximate surface area is 108 Å². The van der Waals surface area contributed by atoms with E-state index in [-0.39, 0.29) is 17.7 Å². The van der Waals surface area contributed by atoms with Crippen molar-refractivity contribution in [3.05, 3.63) is 0 Å². The molecule has 0 radical (unpaired) electrons. The van der Waals surface area contributed by atoms with Crippen molar-refractivity contribution in [1.82, 2.24) is 5.32 Å². The van der Waals surface area contributed by atoms with Crippen molar-refractivity contribution >= 4 is 11.9 Å². The summed E-state index contributed by atoms with van der Waals surface area (Å²) < 4.78 is 0. The molecule has 0 aliphatic heterocycles. The molecule has 2 unspecified atom stereocenters. The summed E-state index contributed by atoms with van der Waals surface area (Å²) in [6, 6.07) is -0.470. The molecule has 0 aromatic carbocycles. The number of hydrogen-bond acceptors (Lipinski definition) is 3. The first-order chi connectivity index (χ1) is 8.56. The van der Waals surface area contributed by atoms with Gasteiger partial charge in [-0.25, -0.2) is 0 Å². The number of amides is 1. The molecule has 5 nitrogen and oxygen atoms in total. The number of aliphatic carboxylic acids is 1. The zero-order valence-electron chi connectivity index (χ0n) is 11.0. The molecule has 0 spiro atoms. The summed E-state index contributed by atoms with van der Waals surface area (Å²) in [5.41, 5.74) is 5.71. The third-order valence-electron chi connectivity index (χ3n) is 3.70. The van der Waals surface area contributed by atoms with Crippen molar-refractivity contribution < 1.29 is 14.7 Å². The highest BCUT2D eigenvalue weighted by atomic mass is 16.4. The summed E-state index contributed by atoms with van der Waals surface area (Å²) in [4.78, 5) is 22.8. The molecule has 3 atom stereocenters. The van der Waals surface area contributed by atoms with Crippen LogP contribution < -0.4 is 11.1 Å². The van der Waals surface area contributed by atoms with E-state index in [0.717, 1.165) is 32.1 Å². The van der Waals surface area contributed by atoms with E-state index in [2.05, 4.69) is 5.32 Å². The first-order valence-electron chi connectivity index (χ1n) is 6.82. The van der Waals surface area contributed by atoms with Crippen LogP contribution in [0.4, 0.5) is 0 Å². The molecule has 0 aromatic rings. The SMILES string of the molecule is CCC[C@@H](N)C(=O)NCC1CCCCC1C(=O)O. The average Bonchev–Trinajstić information content (AvgIpc) is 2.36. The van der Waals surface area contributed by atoms with Crippen LogP contribution in [0.2, 0.25) is 0 Å². The standard InChI is InChI=1S/C13H24N2O3/c1-2-5-11(14)12(16)15-8-9-6-3-4-7-10(9)13(17)18/h9-11H,2-8,14H2,1H3,(H,15,16)(H,17,18)/t9?,10?,11-/m1/s1. The summed E-state index contributed by atoms with van der Waals surface area (Å²) in [6.07, 6.45) is 5.15. The molecule has 1 rings (SSSR count). The molecule has 0 saturated heterocycles. The fraction of sp³-hybridized carbons (Fsp3) is 0.846. The van der Waals surface area contributed by atoms with E-state index in [4.69, 9.17) is 10.8 Å². The van der Waals surface area contributed by atoms with Gasteiger partial charge in [0.05, 0.1) is 12.0 Å². The van der Waals surface area contributed by atoms with Gasteiger partial charge in [-0.3, -0.25) is 9.59 Å². The first kappa shape index (κ1) is 15.0. The Hall–Kier alpha value is -1.10. The molecule has 0 heterocycles. The predicted octanol–water partition coefficient (Wildman–Crippen LogP) is 1.12. The van der Waals surface area contributed by atoms with E-state index in [1.165, 1.54) is 0 Å². The van der Waals surface area contributed by atoms with Gasteiger partial charge in [-0.2, -0.15) is 0 Å². The normalized spacial score (nSPS) is 25.4. The minimum Gasteiger partial charge on any atom is -0.481 e. The smallest absolute Gasteiger partial charge is 0.306 e. The molecule has 1 aliphatic carbocycles. The Morgan fingerprint density at radius 3 is 2.67 bits per heavy atom. The van der Waals surface area contributed by atoms with E-state index in [0.29, 0.717) is 13.0 Å². The Bertz CT molecular complexity index is 294. The van der Waals surface area contributed by atoms with Gasteiger partial charge >= 0.3 is 5.97 Å². The molecule has 0 bridgehead atoms. The monoisotopic (exact) mass is 256 g/mol. The number of carbonyl (C=O) groups is 2. The zero-order chi connectivity index (χ0) is 13.5. The zero-order valence-corrected chi connectivity index (χ0v) is 11.0. The summed E-state index contributed by atoms with van der Waals surface area (Å²) in [5, 5.41) is 11.9. The topological polar surface area (TPSA) is 92.4 Å². The lowest BCUT2D eigenvalue weighted by Gasteiger charge is -2.28. The van der Waals surface area contributed by atoms with Crippen LogP contribution in [0.1, 0.15) is 45.4 Å². The maximum Gasteiger partial charge on any atom is 0.306 e. The first-order valence-corrected chi connectivity index (χ1v) is 6.82. The molecule has 5 heteroatoms. The van der Waals surface area contributed by atoms with Gasteiger partial charge < -0.3 is 16.2 Å². The van der Waals surface area contributed by atoms with Crippen molar-refractivity contribution in [2.24, 2.45) is 17.6 Å². The molecule has 1 amide bonds. The minimum atomic E-state index is -0.744. The minimum absolute atomic E-state index is 0.0500. The van der Waals surface area contributed by atoms with Gasteiger partial charge in [0.1, 0.15) is 0 Å². The van der Waals surface area contributed by atoms with Crippen molar-refractivity contribution in [3.63, 3.8) is 0 Å². The molecule has 104 valence electrons. The Kier molecular flexibility index (Phi) is 6.12. The number of nitrogens with one attached hydrogen (secondary N) is 1. The molecular formula is C13H24N2O3. The van der Waals surface area contributed by atoms with E-state index in [1.54, 1.807) is 0 Å². The number of carboxylic acid groups (broad SMARTS) is 1. The van der Waals surface area contributed by atoms with Gasteiger partial charge in [0.2, 0.25) is 5.91 Å². The van der Waals surface area contributed by atoms with Gasteiger partial charge in [-0.05, 0) is 25.2 Å². The number of carbonyl (C=O) groups excluding carboxylic acids is 1. The lowest BCUT2D eigenvalue weighted by molar-refractivity contribution is -0.145. The highest BCUT2D eigenvalue weighted by molar-refractivity contribution is 5.81. The maximum absolute atomic E-state index is 11.7. The van der Waals surface area contributed by atoms with E-state index in [1.807, 2.05) is 6.92 Å². The number of rotatable bonds is 6. The van der Waals surface area contributed by atoms with Crippen LogP contribution >= 0.6 is 0 Å². The van der Waals surface area contributed by atoms with Crippen LogP contribution in [-0.4, -0.2) is 29.6 Å². The van der Waals surface area contributed by atoms with Crippen LogP contribution in [-0.2, 0) is 9.59 Å². The second-order valence-electron chi connectivity index (χ2n) is 5.13. The van der Waals surface area contributed by atoms with Crippen LogP contribution in [0.25, 0.3) is 0 Å². The number of nitrogens with two attached hydrogens (primary N) is 1. The van der Waals surface area contributed by atoms with Gasteiger partial charge in [0.25, 0.3) is 0 Å². The molecule has 1 fully saturated rings. The number of carboxylic acids is 1. The van der Waals surface area contributed by atoms with Crippen molar-refractivity contribution in [3.8, 4) is 0 Å². The summed E-state index contributed by atoms with van der Waals surface area (Å²) in [6.45, 7) is 2.42. The van der Waals surface area contributed by atoms with Crippen LogP contribution in [0.3, 0.4) is 0 Å². The fourth-order valence-corrected chi connectivity index (χ4v) is 2.58. The maximum atomic E-state index is 11.7. The second kappa shape index (κ2) is 7.36. The molecule has 4 N–H and O–H groups in total. The quantitative estimate of drug-likeness (QED) is 0.664. The van der Waals surface area contributed by atoms with Gasteiger partial charge in [-0.1, -0.05) is 26.2 Å². The lowest BCUT2D eigenvalue weighted by Crippen LogP contribution is -2.44. The van der Waals surface area contributed by atoms with Crippen LogP contribution in [0.15, 0.2) is 0 Å². The lowest BCUT2D eigenvalue weighted by atomic mass is 9.79. The molecule has 18 heavy (non-hydrogen) atoms. The third-order valence-corrected chi connectivity index (χ3v) is 3.70. The molecule has 0 aromatic heterocycles. The third kappa shape index (κ3) is 4.29. The summed E-state index contributed by atoms with van der Waals surface area (Å²) >= 11 is 0.